The molecule has 1 aromatic rings. The molecule has 7 nitrogen and oxygen atoms in total. The Kier molecular flexibility index (Phi) is 6.68. The molecule has 1 saturated heterocycles. The number of hydrogen-bond acceptors (Lipinski definition) is 6. The van der Waals surface area contributed by atoms with Crippen molar-refractivity contribution in [2.45, 2.75) is 18.9 Å². The lowest BCUT2D eigenvalue weighted by Crippen LogP contribution is -2.43. The van der Waals surface area contributed by atoms with Crippen molar-refractivity contribution in [1.82, 2.24) is 5.06 Å². The molecule has 2 heterocycles. The van der Waals surface area contributed by atoms with E-state index in [1.807, 2.05) is 23.3 Å². The number of likely N-dealkylation sites (N-methyl/N-ethyl adjacent to an activating group) is 1. The van der Waals surface area contributed by atoms with Gasteiger partial charge in [0.1, 0.15) is 30.8 Å². The number of anilines is 1. The van der Waals surface area contributed by atoms with Crippen molar-refractivity contribution in [2.24, 2.45) is 5.73 Å². The molecule has 0 spiro atoms. The number of nitrogens with two attached hydrogens (primary N) is 1. The third-order valence-electron chi connectivity index (χ3n) is 4.04. The summed E-state index contributed by atoms with van der Waals surface area (Å²) in [5, 5.41) is 1.94. The average molecular weight is 358 g/mol. The molecular formula is C16H24ClN3O4. The van der Waals surface area contributed by atoms with Gasteiger partial charge in [-0.05, 0) is 25.0 Å². The van der Waals surface area contributed by atoms with Gasteiger partial charge >= 0.3 is 0 Å². The molecule has 2 aliphatic heterocycles. The highest BCUT2D eigenvalue weighted by Crippen LogP contribution is 2.33. The summed E-state index contributed by atoms with van der Waals surface area (Å²) in [4.78, 5) is 19.2. The Labute approximate surface area is 148 Å². The molecule has 0 bridgehead atoms. The maximum atomic E-state index is 12.1. The fourth-order valence-corrected chi connectivity index (χ4v) is 2.68. The molecule has 2 aliphatic rings. The Hall–Kier alpha value is -1.54. The van der Waals surface area contributed by atoms with E-state index < -0.39 is 6.04 Å². The first-order valence-electron chi connectivity index (χ1n) is 7.96. The molecule has 3 rings (SSSR count). The fourth-order valence-electron chi connectivity index (χ4n) is 2.68. The molecule has 2 N–H and O–H groups in total. The summed E-state index contributed by atoms with van der Waals surface area (Å²) in [7, 11) is 1.70. The van der Waals surface area contributed by atoms with E-state index in [2.05, 4.69) is 0 Å². The van der Waals surface area contributed by atoms with Gasteiger partial charge in [0.05, 0.1) is 18.8 Å². The summed E-state index contributed by atoms with van der Waals surface area (Å²) in [6, 6.07) is 4.81. The fraction of sp³-hybridized carbons (Fsp3) is 0.562. The summed E-state index contributed by atoms with van der Waals surface area (Å²) in [6.07, 6.45) is 2.27. The Morgan fingerprint density at radius 3 is 2.96 bits per heavy atom. The van der Waals surface area contributed by atoms with Gasteiger partial charge in [-0.15, -0.1) is 12.4 Å². The molecule has 24 heavy (non-hydrogen) atoms. The number of fused-ring (bicyclic) bond motifs is 1. The minimum Gasteiger partial charge on any atom is -0.492 e. The van der Waals surface area contributed by atoms with Crippen molar-refractivity contribution < 1.29 is 19.1 Å². The van der Waals surface area contributed by atoms with Crippen LogP contribution >= 0.6 is 12.4 Å². The van der Waals surface area contributed by atoms with Crippen LogP contribution in [0.4, 0.5) is 5.69 Å². The molecule has 8 heteroatoms. The van der Waals surface area contributed by atoms with Crippen LogP contribution in [-0.2, 0) is 9.63 Å². The average Bonchev–Trinajstić information content (AvgIpc) is 2.69. The Morgan fingerprint density at radius 1 is 1.38 bits per heavy atom. The van der Waals surface area contributed by atoms with Gasteiger partial charge in [-0.2, -0.15) is 5.06 Å². The lowest BCUT2D eigenvalue weighted by Gasteiger charge is -2.25. The Balaban J connectivity index is 0.00000208. The number of carbonyl (C=O) groups excluding carboxylic acids is 1. The normalized spacial score (nSPS) is 21.3. The molecule has 0 aliphatic carbocycles. The molecule has 0 saturated carbocycles. The second-order valence-electron chi connectivity index (χ2n) is 5.76. The number of nitrogens with zero attached hydrogens (tertiary/aromatic N) is 2. The van der Waals surface area contributed by atoms with Crippen molar-refractivity contribution in [2.75, 3.05) is 44.9 Å². The van der Waals surface area contributed by atoms with Crippen molar-refractivity contribution >= 4 is 24.0 Å². The highest BCUT2D eigenvalue weighted by Gasteiger charge is 2.26. The number of carbonyl (C=O) groups is 1. The van der Waals surface area contributed by atoms with E-state index in [1.165, 1.54) is 4.90 Å². The van der Waals surface area contributed by atoms with Gasteiger partial charge in [0, 0.05) is 19.7 Å². The van der Waals surface area contributed by atoms with Crippen molar-refractivity contribution in [3.63, 3.8) is 0 Å². The quantitative estimate of drug-likeness (QED) is 0.872. The maximum absolute atomic E-state index is 12.1. The molecule has 1 fully saturated rings. The van der Waals surface area contributed by atoms with Gasteiger partial charge in [0.15, 0.2) is 0 Å². The summed E-state index contributed by atoms with van der Waals surface area (Å²) in [6.45, 7) is 3.15. The third kappa shape index (κ3) is 4.30. The van der Waals surface area contributed by atoms with Crippen LogP contribution in [0.5, 0.6) is 11.5 Å². The number of rotatable bonds is 4. The minimum atomic E-state index is -0.645. The standard InChI is InChI=1S/C16H23N3O4.ClH/c1-18-14-10-12(21-9-7-19-6-2-3-8-23-19)4-5-15(14)22-11-13(17)16(18)20;/h4-5,10,13H,2-3,6-9,11,17H2,1H3;1H/t13-;/m0./s1. The van der Waals surface area contributed by atoms with Crippen LogP contribution in [0.3, 0.4) is 0 Å². The van der Waals surface area contributed by atoms with Crippen LogP contribution in [0.25, 0.3) is 0 Å². The third-order valence-corrected chi connectivity index (χ3v) is 4.04. The van der Waals surface area contributed by atoms with E-state index >= 15 is 0 Å². The van der Waals surface area contributed by atoms with Crippen molar-refractivity contribution in [3.8, 4) is 11.5 Å². The zero-order chi connectivity index (χ0) is 16.2. The minimum absolute atomic E-state index is 0. The van der Waals surface area contributed by atoms with Crippen LogP contribution in [0, 0.1) is 0 Å². The van der Waals surface area contributed by atoms with Gasteiger partial charge < -0.3 is 20.1 Å². The second kappa shape index (κ2) is 8.53. The number of benzene rings is 1. The van der Waals surface area contributed by atoms with E-state index in [-0.39, 0.29) is 24.9 Å². The van der Waals surface area contributed by atoms with Gasteiger partial charge in [0.25, 0.3) is 0 Å². The second-order valence-corrected chi connectivity index (χ2v) is 5.76. The molecular weight excluding hydrogens is 334 g/mol. The van der Waals surface area contributed by atoms with Gasteiger partial charge in [0.2, 0.25) is 5.91 Å². The Morgan fingerprint density at radius 2 is 2.21 bits per heavy atom. The smallest absolute Gasteiger partial charge is 0.247 e. The first kappa shape index (κ1) is 18.8. The zero-order valence-corrected chi connectivity index (χ0v) is 14.6. The SMILES string of the molecule is CN1C(=O)[C@@H](N)COc2ccc(OCCN3CCCCO3)cc21.Cl. The van der Waals surface area contributed by atoms with Gasteiger partial charge in [-0.3, -0.25) is 9.63 Å². The van der Waals surface area contributed by atoms with Gasteiger partial charge in [-0.25, -0.2) is 0 Å². The molecule has 0 unspecified atom stereocenters. The highest BCUT2D eigenvalue weighted by molar-refractivity contribution is 5.98. The van der Waals surface area contributed by atoms with E-state index in [9.17, 15) is 4.79 Å². The van der Waals surface area contributed by atoms with Crippen LogP contribution in [0.2, 0.25) is 0 Å². The number of hydroxylamine groups is 2. The van der Waals surface area contributed by atoms with Crippen LogP contribution < -0.4 is 20.1 Å². The van der Waals surface area contributed by atoms with E-state index in [0.29, 0.717) is 30.3 Å². The zero-order valence-electron chi connectivity index (χ0n) is 13.8. The summed E-state index contributed by atoms with van der Waals surface area (Å²) in [5.74, 6) is 1.17. The number of amides is 1. The molecule has 0 radical (unpaired) electrons. The topological polar surface area (TPSA) is 77.3 Å². The molecule has 1 atom stereocenters. The molecule has 0 aromatic heterocycles. The Bertz CT molecular complexity index is 566. The number of hydrogen-bond donors (Lipinski definition) is 1. The van der Waals surface area contributed by atoms with E-state index in [1.54, 1.807) is 7.05 Å². The van der Waals surface area contributed by atoms with Crippen LogP contribution in [0.1, 0.15) is 12.8 Å². The van der Waals surface area contributed by atoms with Gasteiger partial charge in [-0.1, -0.05) is 0 Å². The maximum Gasteiger partial charge on any atom is 0.247 e. The number of halogens is 1. The summed E-state index contributed by atoms with van der Waals surface area (Å²) < 4.78 is 11.4. The predicted molar refractivity (Wildman–Crippen MR) is 92.8 cm³/mol. The molecule has 1 amide bonds. The monoisotopic (exact) mass is 357 g/mol. The highest BCUT2D eigenvalue weighted by atomic mass is 35.5. The largest absolute Gasteiger partial charge is 0.492 e. The lowest BCUT2D eigenvalue weighted by molar-refractivity contribution is -0.183. The summed E-state index contributed by atoms with van der Waals surface area (Å²) >= 11 is 0. The first-order chi connectivity index (χ1) is 11.1. The summed E-state index contributed by atoms with van der Waals surface area (Å²) in [5.41, 5.74) is 6.46. The van der Waals surface area contributed by atoms with E-state index in [0.717, 1.165) is 26.0 Å². The predicted octanol–water partition coefficient (Wildman–Crippen LogP) is 1.20. The first-order valence-corrected chi connectivity index (χ1v) is 7.96. The number of ether oxygens (including phenoxy) is 2. The van der Waals surface area contributed by atoms with Crippen LogP contribution in [-0.4, -0.2) is 57.0 Å². The van der Waals surface area contributed by atoms with Crippen molar-refractivity contribution in [3.05, 3.63) is 18.2 Å². The molecule has 1 aromatic carbocycles. The lowest BCUT2D eigenvalue weighted by atomic mass is 10.2. The van der Waals surface area contributed by atoms with E-state index in [4.69, 9.17) is 20.0 Å². The van der Waals surface area contributed by atoms with Crippen LogP contribution in [0.15, 0.2) is 18.2 Å². The molecule has 134 valence electrons. The van der Waals surface area contributed by atoms with Crippen molar-refractivity contribution in [1.29, 1.82) is 0 Å².